The number of aromatic amines is 1. The van der Waals surface area contributed by atoms with Gasteiger partial charge in [-0.25, -0.2) is 9.97 Å². The van der Waals surface area contributed by atoms with Crippen molar-refractivity contribution in [3.63, 3.8) is 0 Å². The van der Waals surface area contributed by atoms with E-state index < -0.39 is 11.5 Å². The Balaban J connectivity index is 2.00. The number of benzene rings is 1. The smallest absolute Gasteiger partial charge is 0.269 e. The lowest BCUT2D eigenvalue weighted by Crippen LogP contribution is -2.17. The molecule has 0 fully saturated rings. The zero-order valence-electron chi connectivity index (χ0n) is 16.1. The largest absolute Gasteiger partial charge is 0.396 e. The van der Waals surface area contributed by atoms with E-state index in [0.717, 1.165) is 22.0 Å². The molecule has 29 heavy (non-hydrogen) atoms. The highest BCUT2D eigenvalue weighted by molar-refractivity contribution is 7.10. The molecule has 4 aromatic rings. The number of primary amides is 1. The standard InChI is InChI=1S/C20H20N6O2S/c1-9-4-5-12-11(7-23-26-12)15(9)10-6-13(24-17(16(10)21)18(22)27)14-8-29-19(25-14)20(2,3)28/h4-8,28H,21H2,1-3H3,(H2,22,27)(H,23,26). The highest BCUT2D eigenvalue weighted by Crippen LogP contribution is 2.38. The first-order valence-corrected chi connectivity index (χ1v) is 9.77. The van der Waals surface area contributed by atoms with Crippen LogP contribution in [-0.4, -0.2) is 31.2 Å². The zero-order chi connectivity index (χ0) is 20.9. The summed E-state index contributed by atoms with van der Waals surface area (Å²) in [5.74, 6) is -0.722. The molecule has 0 bridgehead atoms. The number of thiazole rings is 1. The van der Waals surface area contributed by atoms with E-state index in [0.29, 0.717) is 22.0 Å². The number of hydrogen-bond acceptors (Lipinski definition) is 7. The minimum Gasteiger partial charge on any atom is -0.396 e. The second kappa shape index (κ2) is 6.64. The number of rotatable bonds is 4. The number of H-pyrrole nitrogens is 1. The van der Waals surface area contributed by atoms with E-state index in [2.05, 4.69) is 20.2 Å². The number of aryl methyl sites for hydroxylation is 1. The summed E-state index contributed by atoms with van der Waals surface area (Å²) in [4.78, 5) is 20.9. The number of aliphatic hydroxyl groups is 1. The van der Waals surface area contributed by atoms with Gasteiger partial charge in [-0.15, -0.1) is 11.3 Å². The molecule has 3 aromatic heterocycles. The van der Waals surface area contributed by atoms with Crippen LogP contribution >= 0.6 is 11.3 Å². The molecule has 148 valence electrons. The minimum absolute atomic E-state index is 0.0183. The summed E-state index contributed by atoms with van der Waals surface area (Å²) < 4.78 is 0. The van der Waals surface area contributed by atoms with E-state index in [1.54, 1.807) is 31.5 Å². The number of amides is 1. The fourth-order valence-corrected chi connectivity index (χ4v) is 4.07. The molecule has 0 spiro atoms. The van der Waals surface area contributed by atoms with Gasteiger partial charge in [-0.2, -0.15) is 5.10 Å². The summed E-state index contributed by atoms with van der Waals surface area (Å²) in [5, 5.41) is 20.5. The molecule has 0 saturated heterocycles. The first-order chi connectivity index (χ1) is 13.7. The normalized spacial score (nSPS) is 11.9. The van der Waals surface area contributed by atoms with Gasteiger partial charge in [0.2, 0.25) is 0 Å². The van der Waals surface area contributed by atoms with Gasteiger partial charge in [0.1, 0.15) is 16.3 Å². The lowest BCUT2D eigenvalue weighted by molar-refractivity contribution is 0.0783. The van der Waals surface area contributed by atoms with Crippen molar-refractivity contribution >= 4 is 33.8 Å². The van der Waals surface area contributed by atoms with Gasteiger partial charge in [-0.05, 0) is 44.0 Å². The van der Waals surface area contributed by atoms with Crippen molar-refractivity contribution in [2.75, 3.05) is 5.73 Å². The van der Waals surface area contributed by atoms with Crippen LogP contribution in [0.5, 0.6) is 0 Å². The van der Waals surface area contributed by atoms with Crippen LogP contribution in [0.15, 0.2) is 29.8 Å². The molecule has 0 atom stereocenters. The number of nitrogens with one attached hydrogen (secondary N) is 1. The van der Waals surface area contributed by atoms with Gasteiger partial charge in [0.25, 0.3) is 5.91 Å². The molecule has 3 heterocycles. The first-order valence-electron chi connectivity index (χ1n) is 8.89. The van der Waals surface area contributed by atoms with Crippen molar-refractivity contribution in [3.05, 3.63) is 46.0 Å². The average molecular weight is 408 g/mol. The van der Waals surface area contributed by atoms with Crippen molar-refractivity contribution in [2.24, 2.45) is 5.73 Å². The van der Waals surface area contributed by atoms with Crippen LogP contribution in [0.4, 0.5) is 5.69 Å². The van der Waals surface area contributed by atoms with Gasteiger partial charge in [0.15, 0.2) is 5.69 Å². The van der Waals surface area contributed by atoms with Crippen molar-refractivity contribution in [3.8, 4) is 22.5 Å². The van der Waals surface area contributed by atoms with Crippen LogP contribution in [0.25, 0.3) is 33.4 Å². The van der Waals surface area contributed by atoms with Gasteiger partial charge in [-0.3, -0.25) is 9.89 Å². The van der Waals surface area contributed by atoms with Crippen molar-refractivity contribution in [2.45, 2.75) is 26.4 Å². The summed E-state index contributed by atoms with van der Waals surface area (Å²) in [7, 11) is 0. The summed E-state index contributed by atoms with van der Waals surface area (Å²) in [5.41, 5.74) is 15.3. The molecule has 0 radical (unpaired) electrons. The van der Waals surface area contributed by atoms with Crippen molar-refractivity contribution in [1.82, 2.24) is 20.2 Å². The van der Waals surface area contributed by atoms with E-state index >= 15 is 0 Å². The van der Waals surface area contributed by atoms with Crippen LogP contribution in [-0.2, 0) is 5.60 Å². The molecular weight excluding hydrogens is 388 g/mol. The fourth-order valence-electron chi connectivity index (χ4n) is 3.24. The van der Waals surface area contributed by atoms with E-state index in [1.165, 1.54) is 11.3 Å². The van der Waals surface area contributed by atoms with Gasteiger partial charge < -0.3 is 16.6 Å². The summed E-state index contributed by atoms with van der Waals surface area (Å²) in [6.07, 6.45) is 1.72. The molecule has 0 aliphatic carbocycles. The third-order valence-electron chi connectivity index (χ3n) is 4.68. The van der Waals surface area contributed by atoms with E-state index in [-0.39, 0.29) is 11.4 Å². The SMILES string of the molecule is Cc1ccc2[nH]ncc2c1-c1cc(-c2csc(C(C)(C)O)n2)nc(C(N)=O)c1N. The fraction of sp³-hybridized carbons (Fsp3) is 0.200. The molecular formula is C20H20N6O2S. The second-order valence-corrected chi connectivity index (χ2v) is 8.23. The van der Waals surface area contributed by atoms with E-state index in [9.17, 15) is 9.90 Å². The Morgan fingerprint density at radius 2 is 2.00 bits per heavy atom. The number of pyridine rings is 1. The van der Waals surface area contributed by atoms with Crippen LogP contribution in [0.1, 0.15) is 34.9 Å². The van der Waals surface area contributed by atoms with Crippen LogP contribution < -0.4 is 11.5 Å². The van der Waals surface area contributed by atoms with E-state index in [4.69, 9.17) is 11.5 Å². The van der Waals surface area contributed by atoms with Crippen molar-refractivity contribution < 1.29 is 9.90 Å². The Morgan fingerprint density at radius 3 is 2.66 bits per heavy atom. The lowest BCUT2D eigenvalue weighted by Gasteiger charge is -2.14. The highest BCUT2D eigenvalue weighted by Gasteiger charge is 2.23. The molecule has 6 N–H and O–H groups in total. The number of carbonyl (C=O) groups is 1. The molecule has 9 heteroatoms. The van der Waals surface area contributed by atoms with Crippen molar-refractivity contribution in [1.29, 1.82) is 0 Å². The van der Waals surface area contributed by atoms with Gasteiger partial charge in [0, 0.05) is 16.3 Å². The number of fused-ring (bicyclic) bond motifs is 1. The predicted octanol–water partition coefficient (Wildman–Crippen LogP) is 2.97. The number of aromatic nitrogens is 4. The third-order valence-corrected chi connectivity index (χ3v) is 5.84. The van der Waals surface area contributed by atoms with Gasteiger partial charge in [-0.1, -0.05) is 6.07 Å². The number of hydrogen-bond donors (Lipinski definition) is 4. The Labute approximate surface area is 170 Å². The zero-order valence-corrected chi connectivity index (χ0v) is 17.0. The Bertz CT molecular complexity index is 1250. The third kappa shape index (κ3) is 3.24. The molecule has 4 rings (SSSR count). The second-order valence-electron chi connectivity index (χ2n) is 7.37. The monoisotopic (exact) mass is 408 g/mol. The summed E-state index contributed by atoms with van der Waals surface area (Å²) >= 11 is 1.31. The topological polar surface area (TPSA) is 144 Å². The molecule has 8 nitrogen and oxygen atoms in total. The van der Waals surface area contributed by atoms with Crippen LogP contribution in [0.2, 0.25) is 0 Å². The minimum atomic E-state index is -1.08. The number of nitrogens with two attached hydrogens (primary N) is 2. The average Bonchev–Trinajstić information content (AvgIpc) is 3.31. The number of carbonyl (C=O) groups excluding carboxylic acids is 1. The molecule has 1 amide bonds. The lowest BCUT2D eigenvalue weighted by atomic mass is 9.94. The Kier molecular flexibility index (Phi) is 4.36. The maximum atomic E-state index is 12.1. The summed E-state index contributed by atoms with van der Waals surface area (Å²) in [6.45, 7) is 5.28. The van der Waals surface area contributed by atoms with Crippen LogP contribution in [0.3, 0.4) is 0 Å². The molecule has 0 saturated carbocycles. The quantitative estimate of drug-likeness (QED) is 0.409. The summed E-state index contributed by atoms with van der Waals surface area (Å²) in [6, 6.07) is 5.68. The Hall–Kier alpha value is -3.30. The maximum Gasteiger partial charge on any atom is 0.269 e. The first kappa shape index (κ1) is 19.0. The Morgan fingerprint density at radius 1 is 1.24 bits per heavy atom. The number of anilines is 1. The molecule has 1 aromatic carbocycles. The maximum absolute atomic E-state index is 12.1. The molecule has 0 aliphatic rings. The number of nitrogens with zero attached hydrogens (tertiary/aromatic N) is 3. The molecule has 0 aliphatic heterocycles. The highest BCUT2D eigenvalue weighted by atomic mass is 32.1. The molecule has 0 unspecified atom stereocenters. The van der Waals surface area contributed by atoms with Crippen LogP contribution in [0, 0.1) is 6.92 Å². The predicted molar refractivity (Wildman–Crippen MR) is 113 cm³/mol. The van der Waals surface area contributed by atoms with E-state index in [1.807, 2.05) is 19.1 Å². The van der Waals surface area contributed by atoms with Gasteiger partial charge >= 0.3 is 0 Å². The number of nitrogen functional groups attached to an aromatic ring is 1. The van der Waals surface area contributed by atoms with Gasteiger partial charge in [0.05, 0.1) is 23.1 Å².